The molecule has 0 saturated heterocycles. The van der Waals surface area contributed by atoms with Gasteiger partial charge in [0.1, 0.15) is 5.76 Å². The number of hydrogen-bond acceptors (Lipinski definition) is 2. The average molecular weight is 208 g/mol. The lowest BCUT2D eigenvalue weighted by Gasteiger charge is -2.23. The molecular formula is C12H16O3. The first-order chi connectivity index (χ1) is 6.92. The van der Waals surface area contributed by atoms with Gasteiger partial charge in [-0.3, -0.25) is 4.79 Å². The molecule has 82 valence electrons. The molecule has 0 fully saturated rings. The van der Waals surface area contributed by atoms with Crippen LogP contribution < -0.4 is 0 Å². The summed E-state index contributed by atoms with van der Waals surface area (Å²) >= 11 is 0. The first-order valence-electron chi connectivity index (χ1n) is 4.86. The average Bonchev–Trinajstić information content (AvgIpc) is 2.54. The maximum absolute atomic E-state index is 10.7. The van der Waals surface area contributed by atoms with Crippen molar-refractivity contribution >= 4 is 12.0 Å². The summed E-state index contributed by atoms with van der Waals surface area (Å²) in [5.74, 6) is -0.0295. The lowest BCUT2D eigenvalue weighted by atomic mass is 9.81. The molecule has 0 bridgehead atoms. The number of aliphatic carboxylic acids is 1. The van der Waals surface area contributed by atoms with E-state index < -0.39 is 5.97 Å². The van der Waals surface area contributed by atoms with Gasteiger partial charge in [-0.15, -0.1) is 0 Å². The number of allylic oxidation sites excluding steroid dienone is 1. The van der Waals surface area contributed by atoms with E-state index in [9.17, 15) is 4.79 Å². The van der Waals surface area contributed by atoms with Gasteiger partial charge in [-0.05, 0) is 30.5 Å². The van der Waals surface area contributed by atoms with Crippen LogP contribution in [0, 0.1) is 5.41 Å². The molecule has 0 amide bonds. The van der Waals surface area contributed by atoms with E-state index in [2.05, 4.69) is 0 Å². The third-order valence-corrected chi connectivity index (χ3v) is 2.56. The lowest BCUT2D eigenvalue weighted by molar-refractivity contribution is -0.138. The molecule has 0 aliphatic carbocycles. The molecule has 1 heterocycles. The molecule has 1 rings (SSSR count). The van der Waals surface area contributed by atoms with Gasteiger partial charge in [0.15, 0.2) is 0 Å². The summed E-state index contributed by atoms with van der Waals surface area (Å²) in [4.78, 5) is 10.7. The fraction of sp³-hybridized carbons (Fsp3) is 0.417. The molecule has 15 heavy (non-hydrogen) atoms. The number of hydrogen-bond donors (Lipinski definition) is 1. The number of carbonyl (C=O) groups is 1. The molecule has 0 radical (unpaired) electrons. The highest BCUT2D eigenvalue weighted by atomic mass is 16.4. The smallest absolute Gasteiger partial charge is 0.304 e. The van der Waals surface area contributed by atoms with Crippen LogP contribution in [0.15, 0.2) is 28.4 Å². The predicted octanol–water partition coefficient (Wildman–Crippen LogP) is 3.18. The Morgan fingerprint density at radius 3 is 2.73 bits per heavy atom. The van der Waals surface area contributed by atoms with E-state index in [1.54, 1.807) is 6.26 Å². The second kappa shape index (κ2) is 4.34. The van der Waals surface area contributed by atoms with E-state index in [4.69, 9.17) is 9.52 Å². The minimum absolute atomic E-state index is 0.121. The fourth-order valence-electron chi connectivity index (χ4n) is 1.30. The Hall–Kier alpha value is -1.51. The van der Waals surface area contributed by atoms with Gasteiger partial charge in [0.2, 0.25) is 0 Å². The number of furan rings is 1. The van der Waals surface area contributed by atoms with Crippen molar-refractivity contribution in [3.63, 3.8) is 0 Å². The molecule has 3 nitrogen and oxygen atoms in total. The van der Waals surface area contributed by atoms with Crippen LogP contribution in [0.2, 0.25) is 0 Å². The van der Waals surface area contributed by atoms with E-state index in [1.807, 2.05) is 39.0 Å². The third-order valence-electron chi connectivity index (χ3n) is 2.56. The largest absolute Gasteiger partial charge is 0.481 e. The van der Waals surface area contributed by atoms with Gasteiger partial charge in [0, 0.05) is 0 Å². The minimum Gasteiger partial charge on any atom is -0.481 e. The highest BCUT2D eigenvalue weighted by Crippen LogP contribution is 2.31. The van der Waals surface area contributed by atoms with E-state index in [0.717, 1.165) is 11.3 Å². The predicted molar refractivity (Wildman–Crippen MR) is 58.4 cm³/mol. The second-order valence-electron chi connectivity index (χ2n) is 4.30. The van der Waals surface area contributed by atoms with Crippen molar-refractivity contribution in [1.82, 2.24) is 0 Å². The van der Waals surface area contributed by atoms with E-state index >= 15 is 0 Å². The van der Waals surface area contributed by atoms with Gasteiger partial charge in [0.05, 0.1) is 12.7 Å². The minimum atomic E-state index is -0.785. The maximum Gasteiger partial charge on any atom is 0.304 e. The van der Waals surface area contributed by atoms with Crippen LogP contribution in [0.1, 0.15) is 33.0 Å². The van der Waals surface area contributed by atoms with E-state index in [1.165, 1.54) is 0 Å². The molecule has 0 unspecified atom stereocenters. The summed E-state index contributed by atoms with van der Waals surface area (Å²) in [5.41, 5.74) is 0.651. The molecule has 3 heteroatoms. The van der Waals surface area contributed by atoms with Crippen LogP contribution in [-0.2, 0) is 4.79 Å². The van der Waals surface area contributed by atoms with Crippen LogP contribution in [0.25, 0.3) is 6.08 Å². The molecule has 0 aliphatic heterocycles. The Morgan fingerprint density at radius 2 is 2.27 bits per heavy atom. The van der Waals surface area contributed by atoms with Crippen LogP contribution in [0.4, 0.5) is 0 Å². The highest BCUT2D eigenvalue weighted by Gasteiger charge is 2.23. The summed E-state index contributed by atoms with van der Waals surface area (Å²) in [7, 11) is 0. The summed E-state index contributed by atoms with van der Waals surface area (Å²) in [6.07, 6.45) is 3.60. The van der Waals surface area contributed by atoms with Crippen LogP contribution in [0.3, 0.4) is 0 Å². The highest BCUT2D eigenvalue weighted by molar-refractivity contribution is 5.69. The molecule has 1 N–H and O–H groups in total. The molecule has 0 atom stereocenters. The SMILES string of the molecule is C/C(=C\c1ccco1)C(C)(C)CC(=O)O. The zero-order valence-corrected chi connectivity index (χ0v) is 9.28. The van der Waals surface area contributed by atoms with Gasteiger partial charge >= 0.3 is 5.97 Å². The van der Waals surface area contributed by atoms with Crippen molar-refractivity contribution in [3.05, 3.63) is 29.7 Å². The summed E-state index contributed by atoms with van der Waals surface area (Å²) in [6.45, 7) is 5.75. The van der Waals surface area contributed by atoms with Gasteiger partial charge in [-0.25, -0.2) is 0 Å². The van der Waals surface area contributed by atoms with Crippen molar-refractivity contribution < 1.29 is 14.3 Å². The van der Waals surface area contributed by atoms with Crippen LogP contribution >= 0.6 is 0 Å². The number of rotatable bonds is 4. The van der Waals surface area contributed by atoms with Crippen LogP contribution in [-0.4, -0.2) is 11.1 Å². The molecule has 1 aromatic rings. The Balaban J connectivity index is 2.83. The normalized spacial score (nSPS) is 12.9. The molecule has 0 saturated carbocycles. The van der Waals surface area contributed by atoms with Gasteiger partial charge < -0.3 is 9.52 Å². The molecular weight excluding hydrogens is 192 g/mol. The molecule has 0 aliphatic rings. The summed E-state index contributed by atoms with van der Waals surface area (Å²) < 4.78 is 5.18. The van der Waals surface area contributed by atoms with Crippen molar-refractivity contribution in [1.29, 1.82) is 0 Å². The quantitative estimate of drug-likeness (QED) is 0.826. The molecule has 0 aromatic carbocycles. The summed E-state index contributed by atoms with van der Waals surface area (Å²) in [5, 5.41) is 8.77. The third kappa shape index (κ3) is 3.27. The first kappa shape index (κ1) is 11.6. The van der Waals surface area contributed by atoms with Gasteiger partial charge in [-0.2, -0.15) is 0 Å². The van der Waals surface area contributed by atoms with Gasteiger partial charge in [0.25, 0.3) is 0 Å². The molecule has 0 spiro atoms. The van der Waals surface area contributed by atoms with E-state index in [0.29, 0.717) is 0 Å². The standard InChI is InChI=1S/C12H16O3/c1-9(7-10-5-4-6-15-10)12(2,3)8-11(13)14/h4-7H,8H2,1-3H3,(H,13,14)/b9-7+. The second-order valence-corrected chi connectivity index (χ2v) is 4.30. The maximum atomic E-state index is 10.7. The topological polar surface area (TPSA) is 50.4 Å². The van der Waals surface area contributed by atoms with Crippen molar-refractivity contribution in [3.8, 4) is 0 Å². The molecule has 1 aromatic heterocycles. The Morgan fingerprint density at radius 1 is 1.60 bits per heavy atom. The lowest BCUT2D eigenvalue weighted by Crippen LogP contribution is -2.17. The van der Waals surface area contributed by atoms with Crippen molar-refractivity contribution in [2.45, 2.75) is 27.2 Å². The Bertz CT molecular complexity index is 358. The van der Waals surface area contributed by atoms with Crippen molar-refractivity contribution in [2.75, 3.05) is 0 Å². The zero-order valence-electron chi connectivity index (χ0n) is 9.28. The van der Waals surface area contributed by atoms with Crippen LogP contribution in [0.5, 0.6) is 0 Å². The Kier molecular flexibility index (Phi) is 3.35. The number of carboxylic acids is 1. The van der Waals surface area contributed by atoms with Crippen molar-refractivity contribution in [2.24, 2.45) is 5.41 Å². The summed E-state index contributed by atoms with van der Waals surface area (Å²) in [6, 6.07) is 3.66. The first-order valence-corrected chi connectivity index (χ1v) is 4.86. The monoisotopic (exact) mass is 208 g/mol. The van der Waals surface area contributed by atoms with Gasteiger partial charge in [-0.1, -0.05) is 19.4 Å². The van der Waals surface area contributed by atoms with E-state index in [-0.39, 0.29) is 11.8 Å². The Labute approximate surface area is 89.4 Å². The zero-order chi connectivity index (χ0) is 11.5. The fourth-order valence-corrected chi connectivity index (χ4v) is 1.30. The number of carboxylic acid groups (broad SMARTS) is 1.